The molecule has 1 N–H and O–H groups in total. The number of fused-ring (bicyclic) bond motifs is 2. The first-order chi connectivity index (χ1) is 9.08. The molecule has 3 nitrogen and oxygen atoms in total. The summed E-state index contributed by atoms with van der Waals surface area (Å²) in [6.07, 6.45) is 0. The molecular formula is C14H7BrO3S. The van der Waals surface area contributed by atoms with E-state index in [1.165, 1.54) is 17.4 Å². The maximum absolute atomic E-state index is 12.5. The van der Waals surface area contributed by atoms with E-state index in [-0.39, 0.29) is 16.4 Å². The zero-order valence-corrected chi connectivity index (χ0v) is 11.9. The first-order valence-corrected chi connectivity index (χ1v) is 7.07. The summed E-state index contributed by atoms with van der Waals surface area (Å²) in [5, 5.41) is 10.1. The maximum Gasteiger partial charge on any atom is 0.336 e. The predicted octanol–water partition coefficient (Wildman–Crippen LogP) is 3.88. The molecule has 0 fully saturated rings. The van der Waals surface area contributed by atoms with Crippen LogP contribution in [0.2, 0.25) is 0 Å². The molecule has 0 spiro atoms. The molecule has 1 aromatic heterocycles. The zero-order valence-electron chi connectivity index (χ0n) is 9.51. The summed E-state index contributed by atoms with van der Waals surface area (Å²) in [6, 6.07) is 10.5. The molecule has 5 heteroatoms. The Labute approximate surface area is 120 Å². The lowest BCUT2D eigenvalue weighted by Gasteiger charge is -2.05. The molecule has 19 heavy (non-hydrogen) atoms. The van der Waals surface area contributed by atoms with E-state index in [2.05, 4.69) is 15.9 Å². The third-order valence-electron chi connectivity index (χ3n) is 2.88. The normalized spacial score (nSPS) is 11.0. The minimum absolute atomic E-state index is 0.0383. The van der Waals surface area contributed by atoms with Crippen LogP contribution in [0, 0.1) is 0 Å². The SMILES string of the molecule is O=C(O)c1cc(Br)cc2sc3ccccc3c(=O)c12. The fourth-order valence-electron chi connectivity index (χ4n) is 2.06. The fraction of sp³-hybridized carbons (Fsp3) is 0. The van der Waals surface area contributed by atoms with Gasteiger partial charge in [0.2, 0.25) is 0 Å². The third kappa shape index (κ3) is 1.95. The molecule has 2 aromatic carbocycles. The van der Waals surface area contributed by atoms with Gasteiger partial charge in [0.05, 0.1) is 10.9 Å². The molecule has 0 unspecified atom stereocenters. The number of hydrogen-bond donors (Lipinski definition) is 1. The van der Waals surface area contributed by atoms with Crippen LogP contribution in [0.25, 0.3) is 20.2 Å². The monoisotopic (exact) mass is 334 g/mol. The van der Waals surface area contributed by atoms with Crippen LogP contribution in [-0.2, 0) is 0 Å². The minimum Gasteiger partial charge on any atom is -0.478 e. The topological polar surface area (TPSA) is 54.4 Å². The van der Waals surface area contributed by atoms with E-state index < -0.39 is 5.97 Å². The molecule has 0 aliphatic heterocycles. The smallest absolute Gasteiger partial charge is 0.336 e. The highest BCUT2D eigenvalue weighted by Gasteiger charge is 2.15. The molecule has 0 atom stereocenters. The van der Waals surface area contributed by atoms with Gasteiger partial charge < -0.3 is 5.11 Å². The van der Waals surface area contributed by atoms with Crippen molar-refractivity contribution in [3.05, 3.63) is 56.7 Å². The van der Waals surface area contributed by atoms with Crippen molar-refractivity contribution in [2.75, 3.05) is 0 Å². The van der Waals surface area contributed by atoms with E-state index in [0.717, 1.165) is 4.70 Å². The van der Waals surface area contributed by atoms with Crippen molar-refractivity contribution in [2.45, 2.75) is 0 Å². The Kier molecular flexibility index (Phi) is 2.88. The second kappa shape index (κ2) is 4.43. The van der Waals surface area contributed by atoms with Crippen LogP contribution in [0.4, 0.5) is 0 Å². The van der Waals surface area contributed by atoms with Crippen molar-refractivity contribution in [1.29, 1.82) is 0 Å². The molecule has 0 saturated heterocycles. The number of halogens is 1. The van der Waals surface area contributed by atoms with E-state index in [1.54, 1.807) is 18.2 Å². The van der Waals surface area contributed by atoms with Crippen LogP contribution in [0.15, 0.2) is 45.7 Å². The number of benzene rings is 2. The molecule has 0 amide bonds. The molecule has 0 bridgehead atoms. The summed E-state index contributed by atoms with van der Waals surface area (Å²) in [4.78, 5) is 23.8. The summed E-state index contributed by atoms with van der Waals surface area (Å²) in [5.74, 6) is -1.09. The fourth-order valence-corrected chi connectivity index (χ4v) is 3.82. The van der Waals surface area contributed by atoms with Gasteiger partial charge in [0, 0.05) is 19.3 Å². The first kappa shape index (κ1) is 12.3. The largest absolute Gasteiger partial charge is 0.478 e. The van der Waals surface area contributed by atoms with Gasteiger partial charge in [-0.1, -0.05) is 28.1 Å². The maximum atomic E-state index is 12.5. The van der Waals surface area contributed by atoms with Crippen molar-refractivity contribution in [3.63, 3.8) is 0 Å². The average molecular weight is 335 g/mol. The van der Waals surface area contributed by atoms with Gasteiger partial charge >= 0.3 is 5.97 Å². The Hall–Kier alpha value is -1.72. The summed E-state index contributed by atoms with van der Waals surface area (Å²) in [5.41, 5.74) is -0.189. The van der Waals surface area contributed by atoms with Crippen molar-refractivity contribution in [1.82, 2.24) is 0 Å². The molecule has 0 aliphatic carbocycles. The van der Waals surface area contributed by atoms with E-state index in [4.69, 9.17) is 0 Å². The Balaban J connectivity index is 2.62. The number of carboxylic acids is 1. The minimum atomic E-state index is -1.09. The molecule has 3 rings (SSSR count). The molecule has 0 saturated carbocycles. The van der Waals surface area contributed by atoms with Crippen molar-refractivity contribution in [3.8, 4) is 0 Å². The van der Waals surface area contributed by atoms with Gasteiger partial charge in [-0.25, -0.2) is 4.79 Å². The van der Waals surface area contributed by atoms with E-state index in [0.29, 0.717) is 14.6 Å². The summed E-state index contributed by atoms with van der Waals surface area (Å²) in [6.45, 7) is 0. The Bertz CT molecular complexity index is 883. The van der Waals surface area contributed by atoms with Crippen molar-refractivity contribution in [2.24, 2.45) is 0 Å². The second-order valence-corrected chi connectivity index (χ2v) is 6.06. The molecule has 0 aliphatic rings. The highest BCUT2D eigenvalue weighted by molar-refractivity contribution is 9.10. The number of aromatic carboxylic acids is 1. The van der Waals surface area contributed by atoms with Gasteiger partial charge in [-0.3, -0.25) is 4.79 Å². The van der Waals surface area contributed by atoms with E-state index >= 15 is 0 Å². The molecule has 94 valence electrons. The molecule has 0 radical (unpaired) electrons. The van der Waals surface area contributed by atoms with Crippen molar-refractivity contribution < 1.29 is 9.90 Å². The lowest BCUT2D eigenvalue weighted by molar-refractivity contribution is 0.0699. The van der Waals surface area contributed by atoms with Crippen LogP contribution >= 0.6 is 27.3 Å². The van der Waals surface area contributed by atoms with Gasteiger partial charge in [-0.05, 0) is 24.3 Å². The molecule has 3 aromatic rings. The number of carbonyl (C=O) groups is 1. The number of hydrogen-bond acceptors (Lipinski definition) is 3. The lowest BCUT2D eigenvalue weighted by atomic mass is 10.1. The molecule has 1 heterocycles. The quantitative estimate of drug-likeness (QED) is 0.687. The lowest BCUT2D eigenvalue weighted by Crippen LogP contribution is -2.08. The van der Waals surface area contributed by atoms with E-state index in [1.807, 2.05) is 12.1 Å². The van der Waals surface area contributed by atoms with Gasteiger partial charge in [0.15, 0.2) is 5.43 Å². The van der Waals surface area contributed by atoms with Gasteiger partial charge in [-0.2, -0.15) is 0 Å². The molecular weight excluding hydrogens is 328 g/mol. The Morgan fingerprint density at radius 3 is 2.63 bits per heavy atom. The van der Waals surface area contributed by atoms with Gasteiger partial charge in [-0.15, -0.1) is 11.3 Å². The summed E-state index contributed by atoms with van der Waals surface area (Å²) < 4.78 is 2.19. The van der Waals surface area contributed by atoms with E-state index in [9.17, 15) is 14.7 Å². The first-order valence-electron chi connectivity index (χ1n) is 5.46. The van der Waals surface area contributed by atoms with Crippen LogP contribution in [0.5, 0.6) is 0 Å². The number of rotatable bonds is 1. The predicted molar refractivity (Wildman–Crippen MR) is 80.3 cm³/mol. The van der Waals surface area contributed by atoms with Gasteiger partial charge in [0.25, 0.3) is 0 Å². The zero-order chi connectivity index (χ0) is 13.6. The second-order valence-electron chi connectivity index (χ2n) is 4.06. The average Bonchev–Trinajstić information content (AvgIpc) is 2.37. The van der Waals surface area contributed by atoms with Crippen LogP contribution < -0.4 is 5.43 Å². The summed E-state index contributed by atoms with van der Waals surface area (Å²) >= 11 is 4.70. The highest BCUT2D eigenvalue weighted by Crippen LogP contribution is 2.29. The Morgan fingerprint density at radius 1 is 1.16 bits per heavy atom. The highest BCUT2D eigenvalue weighted by atomic mass is 79.9. The third-order valence-corrected chi connectivity index (χ3v) is 4.45. The van der Waals surface area contributed by atoms with Crippen LogP contribution in [0.1, 0.15) is 10.4 Å². The standard InChI is InChI=1S/C14H7BrO3S/c15-7-5-9(14(17)18)12-11(6-7)19-10-4-2-1-3-8(10)13(12)16/h1-6H,(H,17,18). The summed E-state index contributed by atoms with van der Waals surface area (Å²) in [7, 11) is 0. The number of carboxylic acid groups (broad SMARTS) is 1. The van der Waals surface area contributed by atoms with Crippen LogP contribution in [0.3, 0.4) is 0 Å². The Morgan fingerprint density at radius 2 is 1.89 bits per heavy atom. The van der Waals surface area contributed by atoms with Crippen molar-refractivity contribution >= 4 is 53.4 Å². The van der Waals surface area contributed by atoms with Gasteiger partial charge in [0.1, 0.15) is 0 Å². The van der Waals surface area contributed by atoms with Crippen LogP contribution in [-0.4, -0.2) is 11.1 Å².